The Morgan fingerprint density at radius 1 is 1.17 bits per heavy atom. The normalized spacial score (nSPS) is 18.0. The summed E-state index contributed by atoms with van der Waals surface area (Å²) in [5.74, 6) is 0.778. The highest BCUT2D eigenvalue weighted by Gasteiger charge is 2.21. The summed E-state index contributed by atoms with van der Waals surface area (Å²) < 4.78 is 13.5. The average Bonchev–Trinajstić information content (AvgIpc) is 2.52. The SMILES string of the molecule is Cc1cc(C)cc(N=C(N)N=NC2CCSc3ccc(F)cc32)c1. The summed E-state index contributed by atoms with van der Waals surface area (Å²) in [5.41, 5.74) is 9.75. The van der Waals surface area contributed by atoms with E-state index in [2.05, 4.69) is 21.3 Å². The molecule has 1 heterocycles. The maximum atomic E-state index is 13.5. The molecule has 2 aromatic rings. The molecule has 3 rings (SSSR count). The Morgan fingerprint density at radius 2 is 1.92 bits per heavy atom. The average molecular weight is 342 g/mol. The van der Waals surface area contributed by atoms with Crippen LogP contribution in [0.1, 0.15) is 29.2 Å². The Balaban J connectivity index is 1.81. The van der Waals surface area contributed by atoms with Gasteiger partial charge in [0.25, 0.3) is 0 Å². The molecular weight excluding hydrogens is 323 g/mol. The van der Waals surface area contributed by atoms with E-state index in [1.54, 1.807) is 17.8 Å². The number of benzene rings is 2. The van der Waals surface area contributed by atoms with Gasteiger partial charge in [0, 0.05) is 10.6 Å². The summed E-state index contributed by atoms with van der Waals surface area (Å²) in [6.45, 7) is 4.02. The van der Waals surface area contributed by atoms with Crippen LogP contribution in [0.15, 0.2) is 56.5 Å². The zero-order chi connectivity index (χ0) is 17.1. The molecule has 1 aliphatic heterocycles. The molecule has 24 heavy (non-hydrogen) atoms. The van der Waals surface area contributed by atoms with Crippen molar-refractivity contribution in [1.82, 2.24) is 0 Å². The third-order valence-electron chi connectivity index (χ3n) is 3.73. The van der Waals surface area contributed by atoms with E-state index in [-0.39, 0.29) is 17.8 Å². The maximum absolute atomic E-state index is 13.5. The van der Waals surface area contributed by atoms with Gasteiger partial charge in [0.15, 0.2) is 0 Å². The molecule has 0 aromatic heterocycles. The number of azo groups is 1. The summed E-state index contributed by atoms with van der Waals surface area (Å²) >= 11 is 1.71. The van der Waals surface area contributed by atoms with Gasteiger partial charge in [-0.05, 0) is 67.3 Å². The number of fused-ring (bicyclic) bond motifs is 1. The lowest BCUT2D eigenvalue weighted by molar-refractivity contribution is 0.603. The highest BCUT2D eigenvalue weighted by Crippen LogP contribution is 2.38. The third-order valence-corrected chi connectivity index (χ3v) is 4.85. The van der Waals surface area contributed by atoms with Crippen LogP contribution < -0.4 is 5.73 Å². The minimum atomic E-state index is -0.256. The van der Waals surface area contributed by atoms with Gasteiger partial charge in [0.05, 0.1) is 11.7 Å². The second-order valence-electron chi connectivity index (χ2n) is 5.87. The van der Waals surface area contributed by atoms with Crippen LogP contribution in [0, 0.1) is 19.7 Å². The van der Waals surface area contributed by atoms with Crippen molar-refractivity contribution in [2.45, 2.75) is 31.2 Å². The van der Waals surface area contributed by atoms with Crippen LogP contribution in [0.4, 0.5) is 10.1 Å². The lowest BCUT2D eigenvalue weighted by Gasteiger charge is -2.20. The maximum Gasteiger partial charge on any atom is 0.240 e. The van der Waals surface area contributed by atoms with Crippen LogP contribution in [-0.2, 0) is 0 Å². The molecule has 2 N–H and O–H groups in total. The summed E-state index contributed by atoms with van der Waals surface area (Å²) in [5, 5.41) is 8.35. The van der Waals surface area contributed by atoms with Gasteiger partial charge in [-0.2, -0.15) is 5.11 Å². The van der Waals surface area contributed by atoms with Gasteiger partial charge >= 0.3 is 0 Å². The number of hydrogen-bond acceptors (Lipinski definition) is 3. The van der Waals surface area contributed by atoms with Gasteiger partial charge in [0.1, 0.15) is 5.82 Å². The number of thioether (sulfide) groups is 1. The number of nitrogens with zero attached hydrogens (tertiary/aromatic N) is 3. The molecule has 4 nitrogen and oxygen atoms in total. The van der Waals surface area contributed by atoms with Crippen LogP contribution in [0.2, 0.25) is 0 Å². The molecule has 0 aliphatic carbocycles. The minimum Gasteiger partial charge on any atom is -0.366 e. The fourth-order valence-corrected chi connectivity index (χ4v) is 3.85. The van der Waals surface area contributed by atoms with Gasteiger partial charge in [-0.1, -0.05) is 6.07 Å². The number of halogens is 1. The highest BCUT2D eigenvalue weighted by molar-refractivity contribution is 7.99. The summed E-state index contributed by atoms with van der Waals surface area (Å²) in [4.78, 5) is 5.35. The van der Waals surface area contributed by atoms with Gasteiger partial charge in [-0.3, -0.25) is 0 Å². The van der Waals surface area contributed by atoms with Crippen molar-refractivity contribution in [2.75, 3.05) is 5.75 Å². The zero-order valence-electron chi connectivity index (χ0n) is 13.7. The lowest BCUT2D eigenvalue weighted by Crippen LogP contribution is -2.09. The predicted molar refractivity (Wildman–Crippen MR) is 96.5 cm³/mol. The van der Waals surface area contributed by atoms with E-state index < -0.39 is 0 Å². The number of aryl methyl sites for hydroxylation is 2. The van der Waals surface area contributed by atoms with E-state index in [1.807, 2.05) is 26.0 Å². The molecule has 0 fully saturated rings. The van der Waals surface area contributed by atoms with Crippen LogP contribution in [0.3, 0.4) is 0 Å². The Hall–Kier alpha value is -2.21. The number of hydrogen-bond donors (Lipinski definition) is 1. The van der Waals surface area contributed by atoms with E-state index >= 15 is 0 Å². The Bertz CT molecular complexity index is 796. The molecule has 2 aromatic carbocycles. The van der Waals surface area contributed by atoms with Crippen molar-refractivity contribution in [3.05, 3.63) is 58.9 Å². The molecule has 0 bridgehead atoms. The molecule has 124 valence electrons. The zero-order valence-corrected chi connectivity index (χ0v) is 14.5. The highest BCUT2D eigenvalue weighted by atomic mass is 32.2. The topological polar surface area (TPSA) is 63.1 Å². The monoisotopic (exact) mass is 342 g/mol. The molecule has 6 heteroatoms. The largest absolute Gasteiger partial charge is 0.366 e. The Morgan fingerprint density at radius 3 is 2.67 bits per heavy atom. The van der Waals surface area contributed by atoms with Crippen LogP contribution in [0.5, 0.6) is 0 Å². The standard InChI is InChI=1S/C18H19FN4S/c1-11-7-12(2)9-14(8-11)21-18(20)23-22-16-5-6-24-17-4-3-13(19)10-15(16)17/h3-4,7-10,16H,5-6H2,1-2H3,(H2,20,21). The fourth-order valence-electron chi connectivity index (χ4n) is 2.77. The van der Waals surface area contributed by atoms with Gasteiger partial charge in [-0.25, -0.2) is 9.38 Å². The quantitative estimate of drug-likeness (QED) is 0.470. The van der Waals surface area contributed by atoms with Gasteiger partial charge < -0.3 is 5.73 Å². The van der Waals surface area contributed by atoms with Crippen molar-refractivity contribution >= 4 is 23.4 Å². The summed E-state index contributed by atoms with van der Waals surface area (Å²) in [6, 6.07) is 10.6. The molecule has 0 amide bonds. The first-order chi connectivity index (χ1) is 11.5. The van der Waals surface area contributed by atoms with Crippen molar-refractivity contribution in [2.24, 2.45) is 21.0 Å². The van der Waals surface area contributed by atoms with E-state index in [4.69, 9.17) is 5.73 Å². The van der Waals surface area contributed by atoms with Gasteiger partial charge in [0.2, 0.25) is 5.96 Å². The van der Waals surface area contributed by atoms with Crippen molar-refractivity contribution in [3.63, 3.8) is 0 Å². The molecule has 1 atom stereocenters. The molecule has 1 unspecified atom stereocenters. The van der Waals surface area contributed by atoms with Crippen molar-refractivity contribution in [1.29, 1.82) is 0 Å². The van der Waals surface area contributed by atoms with Crippen LogP contribution >= 0.6 is 11.8 Å². The van der Waals surface area contributed by atoms with E-state index in [9.17, 15) is 4.39 Å². The number of aliphatic imine (C=N–C) groups is 1. The fraction of sp³-hybridized carbons (Fsp3) is 0.278. The molecule has 0 saturated carbocycles. The lowest BCUT2D eigenvalue weighted by atomic mass is 10.0. The number of rotatable bonds is 2. The van der Waals surface area contributed by atoms with Gasteiger partial charge in [-0.15, -0.1) is 16.9 Å². The minimum absolute atomic E-state index is 0.108. The van der Waals surface area contributed by atoms with Crippen LogP contribution in [0.25, 0.3) is 0 Å². The summed E-state index contributed by atoms with van der Waals surface area (Å²) in [7, 11) is 0. The Kier molecular flexibility index (Phi) is 4.94. The second-order valence-corrected chi connectivity index (χ2v) is 7.00. The first-order valence-electron chi connectivity index (χ1n) is 7.77. The smallest absolute Gasteiger partial charge is 0.240 e. The molecular formula is C18H19FN4S. The molecule has 0 radical (unpaired) electrons. The first-order valence-corrected chi connectivity index (χ1v) is 8.75. The van der Waals surface area contributed by atoms with Crippen LogP contribution in [-0.4, -0.2) is 11.7 Å². The Labute approximate surface area is 145 Å². The number of guanidine groups is 1. The predicted octanol–water partition coefficient (Wildman–Crippen LogP) is 5.08. The molecule has 0 saturated heterocycles. The van der Waals surface area contributed by atoms with Crippen molar-refractivity contribution in [3.8, 4) is 0 Å². The molecule has 1 aliphatic rings. The van der Waals surface area contributed by atoms with E-state index in [1.165, 1.54) is 12.1 Å². The van der Waals surface area contributed by atoms with E-state index in [0.717, 1.165) is 39.4 Å². The second kappa shape index (κ2) is 7.13. The van der Waals surface area contributed by atoms with E-state index in [0.29, 0.717) is 0 Å². The third kappa shape index (κ3) is 4.00. The summed E-state index contributed by atoms with van der Waals surface area (Å²) in [6.07, 6.45) is 0.807. The van der Waals surface area contributed by atoms with Crippen molar-refractivity contribution < 1.29 is 4.39 Å². The first kappa shape index (κ1) is 16.6. The molecule has 0 spiro atoms. The number of nitrogens with two attached hydrogens (primary N) is 1.